The molecule has 2 bridgehead atoms. The monoisotopic (exact) mass is 487 g/mol. The van der Waals surface area contributed by atoms with Crippen molar-refractivity contribution in [3.05, 3.63) is 48.2 Å². The highest BCUT2D eigenvalue weighted by molar-refractivity contribution is 5.94. The van der Waals surface area contributed by atoms with Gasteiger partial charge in [-0.2, -0.15) is 5.10 Å². The SMILES string of the molecule is O=C(Nc1ccc(CC2CCN(C(=O)CC3C[C@H]4CC[C@H]3C4)CC2)cc1)C1CN(c2cccnn2)C1. The molecule has 2 aliphatic heterocycles. The Kier molecular flexibility index (Phi) is 6.63. The number of piperidine rings is 1. The second-order valence-corrected chi connectivity index (χ2v) is 11.5. The standard InChI is InChI=1S/C29H37N5O2/c35-28(17-24-16-22-3-6-23(24)15-22)33-12-9-21(10-13-33)14-20-4-7-26(8-5-20)31-29(36)25-18-34(19-25)27-2-1-11-30-32-27/h1-2,4-5,7-8,11,21-25H,3,6,9-10,12-19H2,(H,31,36)/t22-,23-,24?/m0/s1. The molecule has 3 heterocycles. The molecule has 190 valence electrons. The smallest absolute Gasteiger partial charge is 0.231 e. The Morgan fingerprint density at radius 3 is 2.44 bits per heavy atom. The number of hydrogen-bond acceptors (Lipinski definition) is 5. The first-order valence-corrected chi connectivity index (χ1v) is 13.8. The molecule has 7 nitrogen and oxygen atoms in total. The van der Waals surface area contributed by atoms with Crippen molar-refractivity contribution in [3.8, 4) is 0 Å². The third-order valence-corrected chi connectivity index (χ3v) is 9.17. The first kappa shape index (κ1) is 23.4. The first-order chi connectivity index (χ1) is 17.6. The van der Waals surface area contributed by atoms with Gasteiger partial charge < -0.3 is 15.1 Å². The predicted molar refractivity (Wildman–Crippen MR) is 139 cm³/mol. The average molecular weight is 488 g/mol. The van der Waals surface area contributed by atoms with E-state index in [1.807, 2.05) is 24.3 Å². The van der Waals surface area contributed by atoms with E-state index in [1.165, 1.54) is 31.2 Å². The number of likely N-dealkylation sites (tertiary alicyclic amines) is 1. The van der Waals surface area contributed by atoms with Crippen molar-refractivity contribution in [2.24, 2.45) is 29.6 Å². The van der Waals surface area contributed by atoms with Crippen molar-refractivity contribution >= 4 is 23.3 Å². The van der Waals surface area contributed by atoms with Gasteiger partial charge in [-0.25, -0.2) is 0 Å². The highest BCUT2D eigenvalue weighted by Gasteiger charge is 2.41. The van der Waals surface area contributed by atoms with Gasteiger partial charge >= 0.3 is 0 Å². The summed E-state index contributed by atoms with van der Waals surface area (Å²) in [6.45, 7) is 3.16. The number of nitrogens with zero attached hydrogens (tertiary/aromatic N) is 4. The summed E-state index contributed by atoms with van der Waals surface area (Å²) < 4.78 is 0. The Balaban J connectivity index is 0.918. The topological polar surface area (TPSA) is 78.4 Å². The zero-order valence-corrected chi connectivity index (χ0v) is 21.0. The molecule has 1 N–H and O–H groups in total. The van der Waals surface area contributed by atoms with Gasteiger partial charge in [0.2, 0.25) is 11.8 Å². The average Bonchev–Trinajstić information content (AvgIpc) is 3.49. The third kappa shape index (κ3) is 5.11. The molecule has 0 spiro atoms. The number of hydrogen-bond donors (Lipinski definition) is 1. The third-order valence-electron chi connectivity index (χ3n) is 9.17. The molecule has 1 aromatic heterocycles. The zero-order valence-electron chi connectivity index (χ0n) is 21.0. The second kappa shape index (κ2) is 10.2. The molecule has 1 unspecified atom stereocenters. The molecule has 4 aliphatic rings. The fourth-order valence-electron chi connectivity index (χ4n) is 6.96. The van der Waals surface area contributed by atoms with Crippen LogP contribution in [0, 0.1) is 29.6 Å². The van der Waals surface area contributed by atoms with Crippen LogP contribution >= 0.6 is 0 Å². The maximum atomic E-state index is 12.9. The zero-order chi connectivity index (χ0) is 24.5. The largest absolute Gasteiger partial charge is 0.353 e. The van der Waals surface area contributed by atoms with Crippen molar-refractivity contribution < 1.29 is 9.59 Å². The minimum absolute atomic E-state index is 0.0246. The minimum Gasteiger partial charge on any atom is -0.353 e. The van der Waals surface area contributed by atoms with Crippen molar-refractivity contribution in [3.63, 3.8) is 0 Å². The summed E-state index contributed by atoms with van der Waals surface area (Å²) in [5.41, 5.74) is 2.15. The van der Waals surface area contributed by atoms with Crippen LogP contribution in [0.15, 0.2) is 42.6 Å². The van der Waals surface area contributed by atoms with E-state index in [-0.39, 0.29) is 11.8 Å². The summed E-state index contributed by atoms with van der Waals surface area (Å²) in [4.78, 5) is 29.7. The molecule has 1 aromatic carbocycles. The van der Waals surface area contributed by atoms with Gasteiger partial charge in [-0.15, -0.1) is 5.10 Å². The lowest BCUT2D eigenvalue weighted by Crippen LogP contribution is -2.52. The lowest BCUT2D eigenvalue weighted by atomic mass is 9.85. The Labute approximate surface area is 213 Å². The molecule has 2 aromatic rings. The van der Waals surface area contributed by atoms with Crippen LogP contribution in [0.1, 0.15) is 50.5 Å². The molecule has 2 aliphatic carbocycles. The Morgan fingerprint density at radius 2 is 1.78 bits per heavy atom. The van der Waals surface area contributed by atoms with E-state index in [4.69, 9.17) is 0 Å². The van der Waals surface area contributed by atoms with Gasteiger partial charge in [-0.1, -0.05) is 18.6 Å². The molecule has 3 atom stereocenters. The fraction of sp³-hybridized carbons (Fsp3) is 0.586. The lowest BCUT2D eigenvalue weighted by molar-refractivity contribution is -0.134. The van der Waals surface area contributed by atoms with Crippen LogP contribution in [0.4, 0.5) is 11.5 Å². The molecular weight excluding hydrogens is 450 g/mol. The van der Waals surface area contributed by atoms with Gasteiger partial charge in [0.25, 0.3) is 0 Å². The number of anilines is 2. The van der Waals surface area contributed by atoms with Gasteiger partial charge in [0, 0.05) is 44.5 Å². The first-order valence-electron chi connectivity index (χ1n) is 13.8. The van der Waals surface area contributed by atoms with E-state index in [9.17, 15) is 9.59 Å². The van der Waals surface area contributed by atoms with Crippen LogP contribution in [0.3, 0.4) is 0 Å². The van der Waals surface area contributed by atoms with Gasteiger partial charge in [0.05, 0.1) is 5.92 Å². The Hall–Kier alpha value is -2.96. The second-order valence-electron chi connectivity index (χ2n) is 11.5. The molecular formula is C29H37N5O2. The van der Waals surface area contributed by atoms with Crippen molar-refractivity contribution in [1.82, 2.24) is 15.1 Å². The summed E-state index contributed by atoms with van der Waals surface area (Å²) >= 11 is 0. The molecule has 0 radical (unpaired) electrons. The number of aromatic nitrogens is 2. The van der Waals surface area contributed by atoms with Crippen molar-refractivity contribution in [2.45, 2.75) is 51.4 Å². The van der Waals surface area contributed by atoms with Gasteiger partial charge in [-0.05, 0) is 92.0 Å². The van der Waals surface area contributed by atoms with E-state index < -0.39 is 0 Å². The Bertz CT molecular complexity index is 1060. The van der Waals surface area contributed by atoms with Crippen LogP contribution in [-0.2, 0) is 16.0 Å². The summed E-state index contributed by atoms with van der Waals surface area (Å²) in [7, 11) is 0. The summed E-state index contributed by atoms with van der Waals surface area (Å²) in [6.07, 6.45) is 11.1. The number of carbonyl (C=O) groups is 2. The van der Waals surface area contributed by atoms with Crippen LogP contribution in [0.2, 0.25) is 0 Å². The molecule has 36 heavy (non-hydrogen) atoms. The van der Waals surface area contributed by atoms with E-state index in [1.54, 1.807) is 6.20 Å². The number of rotatable bonds is 7. The summed E-state index contributed by atoms with van der Waals surface area (Å²) in [6, 6.07) is 12.1. The molecule has 2 saturated carbocycles. The number of fused-ring (bicyclic) bond motifs is 2. The number of benzene rings is 1. The van der Waals surface area contributed by atoms with Crippen LogP contribution < -0.4 is 10.2 Å². The maximum Gasteiger partial charge on any atom is 0.231 e. The van der Waals surface area contributed by atoms with Crippen LogP contribution in [0.5, 0.6) is 0 Å². The number of amides is 2. The van der Waals surface area contributed by atoms with E-state index in [0.29, 0.717) is 30.8 Å². The van der Waals surface area contributed by atoms with Crippen LogP contribution in [0.25, 0.3) is 0 Å². The summed E-state index contributed by atoms with van der Waals surface area (Å²) in [5.74, 6) is 4.29. The maximum absolute atomic E-state index is 12.9. The molecule has 7 heteroatoms. The summed E-state index contributed by atoms with van der Waals surface area (Å²) in [5, 5.41) is 11.1. The molecule has 6 rings (SSSR count). The minimum atomic E-state index is -0.0246. The van der Waals surface area contributed by atoms with Gasteiger partial charge in [-0.3, -0.25) is 9.59 Å². The molecule has 2 saturated heterocycles. The van der Waals surface area contributed by atoms with Crippen molar-refractivity contribution in [2.75, 3.05) is 36.4 Å². The van der Waals surface area contributed by atoms with Crippen LogP contribution in [-0.4, -0.2) is 53.1 Å². The van der Waals surface area contributed by atoms with E-state index in [0.717, 1.165) is 62.1 Å². The number of nitrogens with one attached hydrogen (secondary N) is 1. The molecule has 4 fully saturated rings. The lowest BCUT2D eigenvalue weighted by Gasteiger charge is -2.38. The molecule has 2 amide bonds. The predicted octanol–water partition coefficient (Wildman–Crippen LogP) is 4.16. The van der Waals surface area contributed by atoms with Crippen molar-refractivity contribution in [1.29, 1.82) is 0 Å². The normalized spacial score (nSPS) is 26.2. The number of carbonyl (C=O) groups excluding carboxylic acids is 2. The van der Waals surface area contributed by atoms with E-state index in [2.05, 4.69) is 37.4 Å². The van der Waals surface area contributed by atoms with Gasteiger partial charge in [0.1, 0.15) is 0 Å². The highest BCUT2D eigenvalue weighted by atomic mass is 16.2. The quantitative estimate of drug-likeness (QED) is 0.635. The Morgan fingerprint density at radius 1 is 0.972 bits per heavy atom. The highest BCUT2D eigenvalue weighted by Crippen LogP contribution is 2.49. The van der Waals surface area contributed by atoms with E-state index >= 15 is 0 Å². The fourth-order valence-corrected chi connectivity index (χ4v) is 6.96. The van der Waals surface area contributed by atoms with Gasteiger partial charge in [0.15, 0.2) is 5.82 Å².